The summed E-state index contributed by atoms with van der Waals surface area (Å²) in [7, 11) is 3.13. The SMILES string of the molecule is C=CC#Cc1ccc(-c2n[nH]c3cnc4cc(OC)c(OC)cc4c23)cc1C(=O)O. The van der Waals surface area contributed by atoms with E-state index in [9.17, 15) is 9.90 Å². The first kappa shape index (κ1) is 19.0. The molecule has 2 aromatic carbocycles. The van der Waals surface area contributed by atoms with Crippen molar-refractivity contribution in [3.63, 3.8) is 0 Å². The minimum absolute atomic E-state index is 0.0932. The summed E-state index contributed by atoms with van der Waals surface area (Å²) < 4.78 is 10.8. The summed E-state index contributed by atoms with van der Waals surface area (Å²) in [6, 6.07) is 8.66. The van der Waals surface area contributed by atoms with E-state index in [2.05, 4.69) is 33.6 Å². The molecular weight excluding hydrogens is 382 g/mol. The van der Waals surface area contributed by atoms with Gasteiger partial charge >= 0.3 is 5.97 Å². The highest BCUT2D eigenvalue weighted by atomic mass is 16.5. The van der Waals surface area contributed by atoms with Gasteiger partial charge in [-0.05, 0) is 24.3 Å². The zero-order valence-electron chi connectivity index (χ0n) is 16.3. The highest BCUT2D eigenvalue weighted by Gasteiger charge is 2.18. The molecule has 0 atom stereocenters. The third-order valence-electron chi connectivity index (χ3n) is 4.73. The van der Waals surface area contributed by atoms with Gasteiger partial charge in [0, 0.05) is 28.0 Å². The number of methoxy groups -OCH3 is 2. The first-order valence-electron chi connectivity index (χ1n) is 8.96. The molecule has 2 aromatic heterocycles. The molecule has 0 spiro atoms. The predicted octanol–water partition coefficient (Wildman–Crippen LogP) is 4.03. The fourth-order valence-corrected chi connectivity index (χ4v) is 3.35. The van der Waals surface area contributed by atoms with Gasteiger partial charge in [-0.25, -0.2) is 4.79 Å². The van der Waals surface area contributed by atoms with Crippen LogP contribution in [0.4, 0.5) is 0 Å². The number of nitrogens with one attached hydrogen (secondary N) is 1. The Balaban J connectivity index is 1.99. The van der Waals surface area contributed by atoms with E-state index >= 15 is 0 Å². The number of aromatic nitrogens is 3. The largest absolute Gasteiger partial charge is 0.493 e. The van der Waals surface area contributed by atoms with Gasteiger partial charge in [-0.1, -0.05) is 24.5 Å². The third kappa shape index (κ3) is 3.10. The molecule has 2 N–H and O–H groups in total. The number of rotatable bonds is 4. The Morgan fingerprint density at radius 3 is 2.67 bits per heavy atom. The number of pyridine rings is 1. The number of allylic oxidation sites excluding steroid dienone is 1. The average Bonchev–Trinajstić information content (AvgIpc) is 3.21. The maximum Gasteiger partial charge on any atom is 0.336 e. The Morgan fingerprint density at radius 2 is 1.97 bits per heavy atom. The molecule has 0 fully saturated rings. The lowest BCUT2D eigenvalue weighted by molar-refractivity contribution is 0.0696. The van der Waals surface area contributed by atoms with E-state index in [4.69, 9.17) is 9.47 Å². The number of hydrogen-bond donors (Lipinski definition) is 2. The number of aromatic amines is 1. The van der Waals surface area contributed by atoms with Crippen LogP contribution in [0.25, 0.3) is 33.1 Å². The fraction of sp³-hybridized carbons (Fsp3) is 0.0870. The molecule has 0 saturated carbocycles. The van der Waals surface area contributed by atoms with E-state index in [1.165, 1.54) is 6.08 Å². The highest BCUT2D eigenvalue weighted by Crippen LogP contribution is 2.37. The van der Waals surface area contributed by atoms with Crippen molar-refractivity contribution in [3.05, 3.63) is 60.3 Å². The Hall–Kier alpha value is -4.31. The predicted molar refractivity (Wildman–Crippen MR) is 114 cm³/mol. The van der Waals surface area contributed by atoms with Gasteiger partial charge < -0.3 is 14.6 Å². The molecule has 0 amide bonds. The van der Waals surface area contributed by atoms with Crippen LogP contribution in [-0.4, -0.2) is 40.5 Å². The fourth-order valence-electron chi connectivity index (χ4n) is 3.35. The summed E-state index contributed by atoms with van der Waals surface area (Å²) in [6.45, 7) is 3.54. The maximum absolute atomic E-state index is 11.8. The molecule has 4 aromatic rings. The Bertz CT molecular complexity index is 1380. The standard InChI is InChI=1S/C23H17N3O4/c1-4-5-6-13-7-8-14(9-15(13)23(27)28)22-21-16-10-19(29-2)20(30-3)11-17(16)24-12-18(21)25-26-22/h4,7-12H,1H2,2-3H3,(H,25,26)(H,27,28). The van der Waals surface area contributed by atoms with E-state index in [1.807, 2.05) is 6.07 Å². The number of carboxylic acid groups (broad SMARTS) is 1. The number of ether oxygens (including phenoxy) is 2. The molecule has 148 valence electrons. The number of carbonyl (C=O) groups is 1. The Morgan fingerprint density at radius 1 is 1.20 bits per heavy atom. The highest BCUT2D eigenvalue weighted by molar-refractivity contribution is 6.12. The lowest BCUT2D eigenvalue weighted by Gasteiger charge is -2.10. The van der Waals surface area contributed by atoms with Crippen molar-refractivity contribution in [2.45, 2.75) is 0 Å². The molecule has 7 heteroatoms. The van der Waals surface area contributed by atoms with Gasteiger partial charge in [0.1, 0.15) is 5.69 Å². The van der Waals surface area contributed by atoms with E-state index in [0.29, 0.717) is 33.8 Å². The second-order valence-corrected chi connectivity index (χ2v) is 6.38. The lowest BCUT2D eigenvalue weighted by Crippen LogP contribution is -2.00. The summed E-state index contributed by atoms with van der Waals surface area (Å²) in [6.07, 6.45) is 3.10. The Kier molecular flexibility index (Phi) is 4.82. The second kappa shape index (κ2) is 7.60. The molecule has 0 aliphatic rings. The minimum Gasteiger partial charge on any atom is -0.493 e. The van der Waals surface area contributed by atoms with E-state index in [-0.39, 0.29) is 5.56 Å². The molecular formula is C23H17N3O4. The number of nitrogens with zero attached hydrogens (tertiary/aromatic N) is 2. The summed E-state index contributed by atoms with van der Waals surface area (Å²) in [5.41, 5.74) is 3.17. The zero-order chi connectivity index (χ0) is 21.3. The van der Waals surface area contributed by atoms with Crippen LogP contribution in [0.5, 0.6) is 11.5 Å². The van der Waals surface area contributed by atoms with E-state index in [0.717, 1.165) is 16.3 Å². The zero-order valence-corrected chi connectivity index (χ0v) is 16.3. The maximum atomic E-state index is 11.8. The van der Waals surface area contributed by atoms with Crippen LogP contribution in [0.1, 0.15) is 15.9 Å². The van der Waals surface area contributed by atoms with Gasteiger partial charge in [0.25, 0.3) is 0 Å². The summed E-state index contributed by atoms with van der Waals surface area (Å²) >= 11 is 0. The number of fused-ring (bicyclic) bond motifs is 3. The van der Waals surface area contributed by atoms with Crippen molar-refractivity contribution in [1.82, 2.24) is 15.2 Å². The van der Waals surface area contributed by atoms with Gasteiger partial charge in [0.2, 0.25) is 0 Å². The number of aromatic carboxylic acids is 1. The molecule has 0 aliphatic carbocycles. The van der Waals surface area contributed by atoms with Crippen molar-refractivity contribution in [1.29, 1.82) is 0 Å². The number of H-pyrrole nitrogens is 1. The number of hydrogen-bond acceptors (Lipinski definition) is 5. The normalized spacial score (nSPS) is 10.5. The number of carboxylic acids is 1. The third-order valence-corrected chi connectivity index (χ3v) is 4.73. The summed E-state index contributed by atoms with van der Waals surface area (Å²) in [5.74, 6) is 5.55. The van der Waals surface area contributed by atoms with Crippen molar-refractivity contribution >= 4 is 27.8 Å². The molecule has 30 heavy (non-hydrogen) atoms. The smallest absolute Gasteiger partial charge is 0.336 e. The van der Waals surface area contributed by atoms with E-state index < -0.39 is 5.97 Å². The van der Waals surface area contributed by atoms with Gasteiger partial charge in [0.05, 0.1) is 37.0 Å². The van der Waals surface area contributed by atoms with Crippen molar-refractivity contribution < 1.29 is 19.4 Å². The molecule has 4 rings (SSSR count). The van der Waals surface area contributed by atoms with Crippen LogP contribution >= 0.6 is 0 Å². The van der Waals surface area contributed by atoms with Crippen molar-refractivity contribution in [2.24, 2.45) is 0 Å². The minimum atomic E-state index is -1.07. The van der Waals surface area contributed by atoms with Gasteiger partial charge in [-0.3, -0.25) is 10.1 Å². The van der Waals surface area contributed by atoms with Gasteiger partial charge in [0.15, 0.2) is 11.5 Å². The van der Waals surface area contributed by atoms with Crippen molar-refractivity contribution in [2.75, 3.05) is 14.2 Å². The topological polar surface area (TPSA) is 97.3 Å². The van der Waals surface area contributed by atoms with Crippen LogP contribution < -0.4 is 9.47 Å². The molecule has 7 nitrogen and oxygen atoms in total. The van der Waals surface area contributed by atoms with Crippen LogP contribution in [0.15, 0.2) is 49.2 Å². The molecule has 2 heterocycles. The average molecular weight is 399 g/mol. The lowest BCUT2D eigenvalue weighted by atomic mass is 9.99. The van der Waals surface area contributed by atoms with E-state index in [1.54, 1.807) is 44.7 Å². The molecule has 0 saturated heterocycles. The van der Waals surface area contributed by atoms with Gasteiger partial charge in [-0.15, -0.1) is 0 Å². The summed E-state index contributed by atoms with van der Waals surface area (Å²) in [5, 5.41) is 18.6. The first-order chi connectivity index (χ1) is 14.6. The van der Waals surface area contributed by atoms with Crippen LogP contribution in [0.3, 0.4) is 0 Å². The molecule has 0 aliphatic heterocycles. The molecule has 0 bridgehead atoms. The first-order valence-corrected chi connectivity index (χ1v) is 8.96. The van der Waals surface area contributed by atoms with Crippen molar-refractivity contribution in [3.8, 4) is 34.6 Å². The van der Waals surface area contributed by atoms with Crippen LogP contribution in [-0.2, 0) is 0 Å². The van der Waals surface area contributed by atoms with Crippen LogP contribution in [0.2, 0.25) is 0 Å². The van der Waals surface area contributed by atoms with Crippen LogP contribution in [0, 0.1) is 11.8 Å². The van der Waals surface area contributed by atoms with Gasteiger partial charge in [-0.2, -0.15) is 5.10 Å². The summed E-state index contributed by atoms with van der Waals surface area (Å²) in [4.78, 5) is 16.2. The Labute approximate surface area is 172 Å². The second-order valence-electron chi connectivity index (χ2n) is 6.38. The quantitative estimate of drug-likeness (QED) is 0.503. The molecule has 0 radical (unpaired) electrons. The number of benzene rings is 2. The molecule has 0 unspecified atom stereocenters. The monoisotopic (exact) mass is 399 g/mol.